The number of alkyl halides is 1. The van der Waals surface area contributed by atoms with Gasteiger partial charge in [-0.3, -0.25) is 9.88 Å². The summed E-state index contributed by atoms with van der Waals surface area (Å²) < 4.78 is 0. The van der Waals surface area contributed by atoms with Gasteiger partial charge in [0, 0.05) is 29.5 Å². The molecule has 100 valence electrons. The van der Waals surface area contributed by atoms with Gasteiger partial charge in [-0.15, -0.1) is 0 Å². The van der Waals surface area contributed by atoms with Crippen molar-refractivity contribution in [2.75, 3.05) is 13.1 Å². The molecule has 0 bridgehead atoms. The Morgan fingerprint density at radius 1 is 1.37 bits per heavy atom. The minimum Gasteiger partial charge on any atom is -0.298 e. The van der Waals surface area contributed by atoms with Gasteiger partial charge in [-0.25, -0.2) is 0 Å². The second-order valence-electron chi connectivity index (χ2n) is 5.55. The molecule has 0 amide bonds. The lowest BCUT2D eigenvalue weighted by molar-refractivity contribution is 0.194. The van der Waals surface area contributed by atoms with Crippen LogP contribution in [0.5, 0.6) is 0 Å². The number of benzene rings is 1. The molecule has 1 aromatic carbocycles. The zero-order valence-corrected chi connectivity index (χ0v) is 12.8. The molecule has 1 saturated heterocycles. The van der Waals surface area contributed by atoms with Crippen molar-refractivity contribution in [3.8, 4) is 0 Å². The average molecular weight is 319 g/mol. The Bertz CT molecular complexity index is 569. The summed E-state index contributed by atoms with van der Waals surface area (Å²) in [6, 6.07) is 10.7. The summed E-state index contributed by atoms with van der Waals surface area (Å²) in [7, 11) is 0. The topological polar surface area (TPSA) is 16.1 Å². The van der Waals surface area contributed by atoms with Gasteiger partial charge in [0.1, 0.15) is 0 Å². The highest BCUT2D eigenvalue weighted by molar-refractivity contribution is 9.09. The Labute approximate surface area is 123 Å². The van der Waals surface area contributed by atoms with E-state index in [0.29, 0.717) is 4.83 Å². The first kappa shape index (κ1) is 13.1. The van der Waals surface area contributed by atoms with Gasteiger partial charge in [0.25, 0.3) is 0 Å². The fourth-order valence-electron chi connectivity index (χ4n) is 2.71. The average Bonchev–Trinajstić information content (AvgIpc) is 2.43. The molecule has 1 aliphatic rings. The van der Waals surface area contributed by atoms with Gasteiger partial charge < -0.3 is 0 Å². The minimum atomic E-state index is 0.628. The van der Waals surface area contributed by atoms with Crippen LogP contribution in [0.2, 0.25) is 0 Å². The van der Waals surface area contributed by atoms with Crippen LogP contribution in [0.25, 0.3) is 10.9 Å². The van der Waals surface area contributed by atoms with E-state index in [4.69, 9.17) is 0 Å². The van der Waals surface area contributed by atoms with Crippen LogP contribution in [0, 0.1) is 5.92 Å². The van der Waals surface area contributed by atoms with Crippen LogP contribution in [-0.4, -0.2) is 27.8 Å². The van der Waals surface area contributed by atoms with Crippen LogP contribution in [0.4, 0.5) is 0 Å². The Hall–Kier alpha value is -0.930. The largest absolute Gasteiger partial charge is 0.298 e. The SMILES string of the molecule is CC1CCN(Cc2ccc3ncccc3c2)CC1Br. The molecule has 0 aliphatic carbocycles. The number of hydrogen-bond donors (Lipinski definition) is 0. The van der Waals surface area contributed by atoms with Gasteiger partial charge in [-0.05, 0) is 42.6 Å². The molecule has 0 N–H and O–H groups in total. The van der Waals surface area contributed by atoms with Crippen LogP contribution < -0.4 is 0 Å². The van der Waals surface area contributed by atoms with Crippen molar-refractivity contribution >= 4 is 26.8 Å². The molecule has 1 aliphatic heterocycles. The lowest BCUT2D eigenvalue weighted by Crippen LogP contribution is -2.39. The van der Waals surface area contributed by atoms with E-state index in [1.165, 1.54) is 23.9 Å². The van der Waals surface area contributed by atoms with E-state index in [0.717, 1.165) is 24.5 Å². The van der Waals surface area contributed by atoms with Crippen LogP contribution in [-0.2, 0) is 6.54 Å². The molecule has 1 fully saturated rings. The van der Waals surface area contributed by atoms with Crippen LogP contribution in [0.15, 0.2) is 36.5 Å². The lowest BCUT2D eigenvalue weighted by Gasteiger charge is -2.34. The number of rotatable bonds is 2. The van der Waals surface area contributed by atoms with E-state index in [2.05, 4.69) is 57.0 Å². The molecular weight excluding hydrogens is 300 g/mol. The monoisotopic (exact) mass is 318 g/mol. The molecule has 3 heteroatoms. The second kappa shape index (κ2) is 5.59. The Morgan fingerprint density at radius 3 is 3.11 bits per heavy atom. The third-order valence-electron chi connectivity index (χ3n) is 4.02. The predicted octanol–water partition coefficient (Wildman–Crippen LogP) is 3.84. The normalized spacial score (nSPS) is 24.7. The third-order valence-corrected chi connectivity index (χ3v) is 5.22. The number of piperidine rings is 1. The molecule has 3 rings (SSSR count). The smallest absolute Gasteiger partial charge is 0.0702 e. The maximum atomic E-state index is 4.37. The van der Waals surface area contributed by atoms with Crippen molar-refractivity contribution in [3.63, 3.8) is 0 Å². The number of hydrogen-bond acceptors (Lipinski definition) is 2. The predicted molar refractivity (Wildman–Crippen MR) is 83.5 cm³/mol. The number of likely N-dealkylation sites (tertiary alicyclic amines) is 1. The van der Waals surface area contributed by atoms with Crippen molar-refractivity contribution in [2.45, 2.75) is 24.7 Å². The van der Waals surface area contributed by atoms with E-state index >= 15 is 0 Å². The molecule has 19 heavy (non-hydrogen) atoms. The molecule has 0 saturated carbocycles. The molecule has 2 unspecified atom stereocenters. The number of pyridine rings is 1. The standard InChI is InChI=1S/C16H19BrN2/c1-12-6-8-19(11-15(12)17)10-13-4-5-16-14(9-13)3-2-7-18-16/h2-5,7,9,12,15H,6,8,10-11H2,1H3. The maximum Gasteiger partial charge on any atom is 0.0702 e. The first-order valence-electron chi connectivity index (χ1n) is 6.92. The third kappa shape index (κ3) is 2.98. The highest BCUT2D eigenvalue weighted by atomic mass is 79.9. The summed E-state index contributed by atoms with van der Waals surface area (Å²) in [5, 5.41) is 1.24. The first-order chi connectivity index (χ1) is 9.22. The van der Waals surface area contributed by atoms with Crippen LogP contribution >= 0.6 is 15.9 Å². The zero-order valence-electron chi connectivity index (χ0n) is 11.2. The number of fused-ring (bicyclic) bond motifs is 1. The van der Waals surface area contributed by atoms with Crippen molar-refractivity contribution in [1.82, 2.24) is 9.88 Å². The molecule has 2 atom stereocenters. The molecule has 0 radical (unpaired) electrons. The Balaban J connectivity index is 1.74. The van der Waals surface area contributed by atoms with Gasteiger partial charge in [0.15, 0.2) is 0 Å². The quantitative estimate of drug-likeness (QED) is 0.782. The highest BCUT2D eigenvalue weighted by Crippen LogP contribution is 2.25. The first-order valence-corrected chi connectivity index (χ1v) is 7.84. The van der Waals surface area contributed by atoms with Crippen molar-refractivity contribution in [3.05, 3.63) is 42.1 Å². The molecule has 0 spiro atoms. The summed E-state index contributed by atoms with van der Waals surface area (Å²) in [5.74, 6) is 0.789. The van der Waals surface area contributed by atoms with E-state index in [1.807, 2.05) is 12.3 Å². The molecule has 2 aromatic rings. The summed E-state index contributed by atoms with van der Waals surface area (Å²) in [6.45, 7) is 5.72. The summed E-state index contributed by atoms with van der Waals surface area (Å²) >= 11 is 3.80. The number of nitrogens with zero attached hydrogens (tertiary/aromatic N) is 2. The maximum absolute atomic E-state index is 4.37. The fraction of sp³-hybridized carbons (Fsp3) is 0.438. The van der Waals surface area contributed by atoms with Gasteiger partial charge >= 0.3 is 0 Å². The molecule has 2 nitrogen and oxygen atoms in total. The van der Waals surface area contributed by atoms with Gasteiger partial charge in [0.05, 0.1) is 5.52 Å². The van der Waals surface area contributed by atoms with Gasteiger partial charge in [-0.2, -0.15) is 0 Å². The molecular formula is C16H19BrN2. The number of aromatic nitrogens is 1. The van der Waals surface area contributed by atoms with Crippen molar-refractivity contribution in [1.29, 1.82) is 0 Å². The summed E-state index contributed by atoms with van der Waals surface area (Å²) in [5.41, 5.74) is 2.46. The highest BCUT2D eigenvalue weighted by Gasteiger charge is 2.23. The van der Waals surface area contributed by atoms with Crippen molar-refractivity contribution < 1.29 is 0 Å². The number of halogens is 1. The fourth-order valence-corrected chi connectivity index (χ4v) is 3.38. The van der Waals surface area contributed by atoms with Gasteiger partial charge in [-0.1, -0.05) is 35.0 Å². The molecule has 2 heterocycles. The van der Waals surface area contributed by atoms with E-state index in [-0.39, 0.29) is 0 Å². The van der Waals surface area contributed by atoms with Crippen LogP contribution in [0.1, 0.15) is 18.9 Å². The second-order valence-corrected chi connectivity index (χ2v) is 6.72. The Kier molecular flexibility index (Phi) is 3.85. The zero-order chi connectivity index (χ0) is 13.2. The summed E-state index contributed by atoms with van der Waals surface area (Å²) in [6.07, 6.45) is 3.13. The van der Waals surface area contributed by atoms with Crippen LogP contribution in [0.3, 0.4) is 0 Å². The summed E-state index contributed by atoms with van der Waals surface area (Å²) in [4.78, 5) is 7.54. The van der Waals surface area contributed by atoms with E-state index < -0.39 is 0 Å². The van der Waals surface area contributed by atoms with E-state index in [1.54, 1.807) is 0 Å². The Morgan fingerprint density at radius 2 is 2.26 bits per heavy atom. The molecule has 1 aromatic heterocycles. The lowest BCUT2D eigenvalue weighted by atomic mass is 9.98. The van der Waals surface area contributed by atoms with E-state index in [9.17, 15) is 0 Å². The minimum absolute atomic E-state index is 0.628. The van der Waals surface area contributed by atoms with Crippen molar-refractivity contribution in [2.24, 2.45) is 5.92 Å². The van der Waals surface area contributed by atoms with Gasteiger partial charge in [0.2, 0.25) is 0 Å².